The first-order chi connectivity index (χ1) is 9.05. The van der Waals surface area contributed by atoms with Gasteiger partial charge in [-0.2, -0.15) is 13.2 Å². The van der Waals surface area contributed by atoms with Crippen LogP contribution < -0.4 is 11.1 Å². The molecule has 0 aliphatic carbocycles. The van der Waals surface area contributed by atoms with Crippen molar-refractivity contribution in [3.63, 3.8) is 0 Å². The number of carbonyl (C=O) groups is 1. The van der Waals surface area contributed by atoms with Gasteiger partial charge in [-0.1, -0.05) is 24.4 Å². The van der Waals surface area contributed by atoms with E-state index in [-0.39, 0.29) is 17.4 Å². The zero-order chi connectivity index (χ0) is 15.6. The molecule has 0 fully saturated rings. The van der Waals surface area contributed by atoms with E-state index in [1.807, 2.05) is 0 Å². The Morgan fingerprint density at radius 2 is 1.75 bits per heavy atom. The second kappa shape index (κ2) is 5.78. The number of amides is 1. The van der Waals surface area contributed by atoms with Crippen LogP contribution in [0.4, 0.5) is 13.2 Å². The van der Waals surface area contributed by atoms with E-state index in [1.165, 1.54) is 12.1 Å². The van der Waals surface area contributed by atoms with E-state index < -0.39 is 17.2 Å². The fourth-order valence-corrected chi connectivity index (χ4v) is 1.42. The third-order valence-electron chi connectivity index (χ3n) is 2.92. The lowest BCUT2D eigenvalue weighted by Crippen LogP contribution is -2.44. The summed E-state index contributed by atoms with van der Waals surface area (Å²) in [5.41, 5.74) is 4.29. The third kappa shape index (κ3) is 3.93. The Morgan fingerprint density at radius 1 is 1.25 bits per heavy atom. The molecule has 1 amide bonds. The highest BCUT2D eigenvalue weighted by Gasteiger charge is 2.31. The molecule has 0 spiro atoms. The third-order valence-corrected chi connectivity index (χ3v) is 3.43. The summed E-state index contributed by atoms with van der Waals surface area (Å²) < 4.78 is 37.1. The van der Waals surface area contributed by atoms with Crippen molar-refractivity contribution in [3.8, 4) is 0 Å². The lowest BCUT2D eigenvalue weighted by atomic mass is 9.92. The lowest BCUT2D eigenvalue weighted by Gasteiger charge is -2.22. The monoisotopic (exact) mass is 304 g/mol. The van der Waals surface area contributed by atoms with E-state index >= 15 is 0 Å². The maximum atomic E-state index is 12.4. The first-order valence-electron chi connectivity index (χ1n) is 5.79. The Kier molecular flexibility index (Phi) is 4.75. The molecule has 0 saturated heterocycles. The molecule has 0 heterocycles. The smallest absolute Gasteiger partial charge is 0.392 e. The molecule has 1 aromatic carbocycles. The summed E-state index contributed by atoms with van der Waals surface area (Å²) in [7, 11) is 0. The van der Waals surface area contributed by atoms with Crippen molar-refractivity contribution in [1.29, 1.82) is 0 Å². The van der Waals surface area contributed by atoms with Crippen LogP contribution in [-0.4, -0.2) is 10.9 Å². The normalized spacial score (nSPS) is 12.1. The molecule has 0 bridgehead atoms. The molecule has 0 saturated carbocycles. The van der Waals surface area contributed by atoms with Crippen LogP contribution in [0.5, 0.6) is 0 Å². The number of nitrogens with one attached hydrogen (secondary N) is 1. The van der Waals surface area contributed by atoms with Crippen molar-refractivity contribution >= 4 is 23.1 Å². The van der Waals surface area contributed by atoms with E-state index in [0.29, 0.717) is 5.56 Å². The van der Waals surface area contributed by atoms with Gasteiger partial charge in [-0.05, 0) is 31.5 Å². The maximum absolute atomic E-state index is 12.4. The molecule has 3 N–H and O–H groups in total. The molecule has 0 atom stereocenters. The minimum atomic E-state index is -4.37. The van der Waals surface area contributed by atoms with Gasteiger partial charge < -0.3 is 11.1 Å². The van der Waals surface area contributed by atoms with Crippen molar-refractivity contribution in [2.24, 2.45) is 11.1 Å². The highest BCUT2D eigenvalue weighted by Crippen LogP contribution is 2.29. The summed E-state index contributed by atoms with van der Waals surface area (Å²) in [4.78, 5) is 11.9. The molecule has 20 heavy (non-hydrogen) atoms. The minimum absolute atomic E-state index is 0.0578. The summed E-state index contributed by atoms with van der Waals surface area (Å²) in [5.74, 6) is -0.370. The summed E-state index contributed by atoms with van der Waals surface area (Å²) in [6.45, 7) is 3.28. The molecule has 0 aliphatic rings. The minimum Gasteiger partial charge on any atom is -0.392 e. The highest BCUT2D eigenvalue weighted by molar-refractivity contribution is 7.80. The van der Waals surface area contributed by atoms with E-state index in [4.69, 9.17) is 18.0 Å². The fourth-order valence-electron chi connectivity index (χ4n) is 1.33. The van der Waals surface area contributed by atoms with Gasteiger partial charge in [0.15, 0.2) is 0 Å². The van der Waals surface area contributed by atoms with Crippen molar-refractivity contribution < 1.29 is 18.0 Å². The number of hydrogen-bond donors (Lipinski definition) is 2. The first kappa shape index (κ1) is 16.4. The zero-order valence-electron chi connectivity index (χ0n) is 11.0. The van der Waals surface area contributed by atoms with Gasteiger partial charge in [0.05, 0.1) is 16.0 Å². The van der Waals surface area contributed by atoms with Crippen molar-refractivity contribution in [2.75, 3.05) is 0 Å². The van der Waals surface area contributed by atoms with Gasteiger partial charge in [0.2, 0.25) is 5.91 Å². The van der Waals surface area contributed by atoms with Crippen LogP contribution in [0.25, 0.3) is 0 Å². The summed E-state index contributed by atoms with van der Waals surface area (Å²) in [6, 6.07) is 4.58. The number of thiocarbonyl (C=S) groups is 1. The van der Waals surface area contributed by atoms with Gasteiger partial charge in [-0.3, -0.25) is 4.79 Å². The van der Waals surface area contributed by atoms with Gasteiger partial charge in [0.1, 0.15) is 0 Å². The van der Waals surface area contributed by atoms with Crippen LogP contribution in [0.3, 0.4) is 0 Å². The second-order valence-electron chi connectivity index (χ2n) is 4.87. The van der Waals surface area contributed by atoms with Crippen LogP contribution in [0.15, 0.2) is 24.3 Å². The Hall–Kier alpha value is -1.63. The number of alkyl halides is 3. The van der Waals surface area contributed by atoms with Gasteiger partial charge in [0, 0.05) is 6.54 Å². The number of rotatable bonds is 4. The predicted molar refractivity (Wildman–Crippen MR) is 73.9 cm³/mol. The van der Waals surface area contributed by atoms with Crippen LogP contribution in [-0.2, 0) is 17.5 Å². The SMILES string of the molecule is CC(C)(C(=O)NCc1ccc(C(F)(F)F)cc1)C(N)=S. The summed E-state index contributed by atoms with van der Waals surface area (Å²) in [5, 5.41) is 2.59. The standard InChI is InChI=1S/C13H15F3N2OS/c1-12(2,10(17)20)11(19)18-7-8-3-5-9(6-4-8)13(14,15)16/h3-6H,7H2,1-2H3,(H2,17,20)(H,18,19). The average Bonchev–Trinajstić information content (AvgIpc) is 2.35. The molecule has 110 valence electrons. The fraction of sp³-hybridized carbons (Fsp3) is 0.385. The highest BCUT2D eigenvalue weighted by atomic mass is 32.1. The van der Waals surface area contributed by atoms with Crippen LogP contribution in [0, 0.1) is 5.41 Å². The molecule has 0 aromatic heterocycles. The molecular weight excluding hydrogens is 289 g/mol. The van der Waals surface area contributed by atoms with Crippen molar-refractivity contribution in [2.45, 2.75) is 26.6 Å². The van der Waals surface area contributed by atoms with Crippen molar-refractivity contribution in [3.05, 3.63) is 35.4 Å². The van der Waals surface area contributed by atoms with Crippen LogP contribution >= 0.6 is 12.2 Å². The quantitative estimate of drug-likeness (QED) is 0.841. The molecule has 1 aromatic rings. The number of benzene rings is 1. The number of hydrogen-bond acceptors (Lipinski definition) is 2. The van der Waals surface area contributed by atoms with Crippen molar-refractivity contribution in [1.82, 2.24) is 5.32 Å². The van der Waals surface area contributed by atoms with Crippen LogP contribution in [0.1, 0.15) is 25.0 Å². The first-order valence-corrected chi connectivity index (χ1v) is 6.20. The van der Waals surface area contributed by atoms with Gasteiger partial charge in [-0.15, -0.1) is 0 Å². The summed E-state index contributed by atoms with van der Waals surface area (Å²) in [6.07, 6.45) is -4.37. The molecule has 1 rings (SSSR count). The van der Waals surface area contributed by atoms with E-state index in [9.17, 15) is 18.0 Å². The van der Waals surface area contributed by atoms with E-state index in [2.05, 4.69) is 5.32 Å². The maximum Gasteiger partial charge on any atom is 0.416 e. The summed E-state index contributed by atoms with van der Waals surface area (Å²) >= 11 is 4.79. The molecular formula is C13H15F3N2OS. The molecule has 7 heteroatoms. The Labute approximate surface area is 120 Å². The number of nitrogens with two attached hydrogens (primary N) is 1. The molecule has 3 nitrogen and oxygen atoms in total. The Balaban J connectivity index is 2.68. The lowest BCUT2D eigenvalue weighted by molar-refractivity contribution is -0.137. The molecule has 0 unspecified atom stereocenters. The van der Waals surface area contributed by atoms with E-state index in [0.717, 1.165) is 12.1 Å². The van der Waals surface area contributed by atoms with Gasteiger partial charge >= 0.3 is 6.18 Å². The number of halogens is 3. The molecule has 0 aliphatic heterocycles. The van der Waals surface area contributed by atoms with Gasteiger partial charge in [0.25, 0.3) is 0 Å². The predicted octanol–water partition coefficient (Wildman–Crippen LogP) is 2.63. The Bertz CT molecular complexity index is 509. The largest absolute Gasteiger partial charge is 0.416 e. The molecule has 0 radical (unpaired) electrons. The second-order valence-corrected chi connectivity index (χ2v) is 5.31. The van der Waals surface area contributed by atoms with E-state index in [1.54, 1.807) is 13.8 Å². The van der Waals surface area contributed by atoms with Gasteiger partial charge in [-0.25, -0.2) is 0 Å². The Morgan fingerprint density at radius 3 is 2.15 bits per heavy atom. The number of carbonyl (C=O) groups excluding carboxylic acids is 1. The zero-order valence-corrected chi connectivity index (χ0v) is 11.9. The average molecular weight is 304 g/mol. The topological polar surface area (TPSA) is 55.1 Å². The van der Waals surface area contributed by atoms with Crippen LogP contribution in [0.2, 0.25) is 0 Å².